The zero-order valence-corrected chi connectivity index (χ0v) is 15.4. The molecular weight excluding hydrogens is 383 g/mol. The number of halogens is 3. The molecule has 146 valence electrons. The van der Waals surface area contributed by atoms with Gasteiger partial charge in [-0.3, -0.25) is 4.79 Å². The van der Waals surface area contributed by atoms with Crippen molar-refractivity contribution in [2.75, 3.05) is 31.3 Å². The van der Waals surface area contributed by atoms with Crippen molar-refractivity contribution in [1.82, 2.24) is 4.31 Å². The van der Waals surface area contributed by atoms with E-state index in [2.05, 4.69) is 10.6 Å². The molecule has 0 heterocycles. The lowest BCUT2D eigenvalue weighted by Crippen LogP contribution is -2.23. The van der Waals surface area contributed by atoms with Crippen LogP contribution in [0, 0.1) is 0 Å². The first-order valence-corrected chi connectivity index (χ1v) is 9.18. The summed E-state index contributed by atoms with van der Waals surface area (Å²) in [5, 5.41) is 5.28. The molecular formula is C17H18F3N3O3S. The van der Waals surface area contributed by atoms with Gasteiger partial charge in [0.2, 0.25) is 15.9 Å². The zero-order valence-electron chi connectivity index (χ0n) is 14.5. The molecule has 6 nitrogen and oxygen atoms in total. The molecule has 2 aromatic rings. The molecule has 0 fully saturated rings. The number of nitrogens with one attached hydrogen (secondary N) is 2. The van der Waals surface area contributed by atoms with Crippen LogP contribution >= 0.6 is 0 Å². The molecule has 2 N–H and O–H groups in total. The average Bonchev–Trinajstić information content (AvgIpc) is 2.60. The lowest BCUT2D eigenvalue weighted by atomic mass is 10.2. The minimum absolute atomic E-state index is 0.0911. The highest BCUT2D eigenvalue weighted by atomic mass is 32.2. The van der Waals surface area contributed by atoms with Gasteiger partial charge in [0.25, 0.3) is 0 Å². The molecule has 0 radical (unpaired) electrons. The molecule has 0 unspecified atom stereocenters. The van der Waals surface area contributed by atoms with Crippen molar-refractivity contribution in [2.24, 2.45) is 0 Å². The normalized spacial score (nSPS) is 12.1. The maximum atomic E-state index is 12.5. The Bertz CT molecular complexity index is 894. The highest BCUT2D eigenvalue weighted by Gasteiger charge is 2.29. The maximum absolute atomic E-state index is 12.5. The van der Waals surface area contributed by atoms with Crippen molar-refractivity contribution in [3.8, 4) is 0 Å². The number of amides is 1. The molecule has 27 heavy (non-hydrogen) atoms. The van der Waals surface area contributed by atoms with Crippen molar-refractivity contribution in [3.63, 3.8) is 0 Å². The highest BCUT2D eigenvalue weighted by Crippen LogP contribution is 2.29. The van der Waals surface area contributed by atoms with Crippen molar-refractivity contribution in [2.45, 2.75) is 11.1 Å². The number of carbonyl (C=O) groups excluding carboxylic acids is 1. The Labute approximate surface area is 155 Å². The van der Waals surface area contributed by atoms with Crippen LogP contribution in [0.3, 0.4) is 0 Å². The number of carbonyl (C=O) groups is 1. The molecule has 0 saturated heterocycles. The maximum Gasteiger partial charge on any atom is 0.416 e. The summed E-state index contributed by atoms with van der Waals surface area (Å²) in [6, 6.07) is 9.95. The lowest BCUT2D eigenvalue weighted by Gasteiger charge is -2.12. The highest BCUT2D eigenvalue weighted by molar-refractivity contribution is 7.89. The van der Waals surface area contributed by atoms with E-state index in [0.717, 1.165) is 16.4 Å². The Morgan fingerprint density at radius 3 is 1.96 bits per heavy atom. The Morgan fingerprint density at radius 1 is 0.963 bits per heavy atom. The number of alkyl halides is 3. The second-order valence-electron chi connectivity index (χ2n) is 5.79. The fourth-order valence-electron chi connectivity index (χ4n) is 2.09. The van der Waals surface area contributed by atoms with Crippen LogP contribution < -0.4 is 10.6 Å². The summed E-state index contributed by atoms with van der Waals surface area (Å²) in [5.74, 6) is -0.432. The molecule has 0 aromatic heterocycles. The SMILES string of the molecule is CN(C)S(=O)(=O)c1ccc(NC(=O)CNc2ccc(C(F)(F)F)cc2)cc1. The summed E-state index contributed by atoms with van der Waals surface area (Å²) < 4.78 is 62.5. The van der Waals surface area contributed by atoms with Gasteiger partial charge in [-0.1, -0.05) is 0 Å². The number of benzene rings is 2. The van der Waals surface area contributed by atoms with E-state index in [1.54, 1.807) is 0 Å². The van der Waals surface area contributed by atoms with Gasteiger partial charge in [-0.2, -0.15) is 13.2 Å². The van der Waals surface area contributed by atoms with Crippen LogP contribution in [0.15, 0.2) is 53.4 Å². The van der Waals surface area contributed by atoms with Crippen molar-refractivity contribution in [3.05, 3.63) is 54.1 Å². The van der Waals surface area contributed by atoms with Crippen molar-refractivity contribution >= 4 is 27.3 Å². The Hall–Kier alpha value is -2.59. The quantitative estimate of drug-likeness (QED) is 0.780. The summed E-state index contributed by atoms with van der Waals surface area (Å²) in [6.07, 6.45) is -4.41. The molecule has 0 aliphatic heterocycles. The number of sulfonamides is 1. The molecule has 0 aliphatic rings. The zero-order chi connectivity index (χ0) is 20.2. The molecule has 0 aliphatic carbocycles. The standard InChI is InChI=1S/C17H18F3N3O3S/c1-23(2)27(25,26)15-9-7-14(8-10-15)22-16(24)11-21-13-5-3-12(4-6-13)17(18,19)20/h3-10,21H,11H2,1-2H3,(H,22,24). The number of hydrogen-bond acceptors (Lipinski definition) is 4. The summed E-state index contributed by atoms with van der Waals surface area (Å²) in [6.45, 7) is -0.164. The van der Waals surface area contributed by atoms with Gasteiger partial charge in [0.1, 0.15) is 0 Å². The van der Waals surface area contributed by atoms with Crippen LogP contribution in [0.5, 0.6) is 0 Å². The lowest BCUT2D eigenvalue weighted by molar-refractivity contribution is -0.137. The molecule has 2 rings (SSSR count). The third-order valence-corrected chi connectivity index (χ3v) is 5.41. The van der Waals surface area contributed by atoms with Gasteiger partial charge in [-0.15, -0.1) is 0 Å². The van der Waals surface area contributed by atoms with E-state index in [-0.39, 0.29) is 11.4 Å². The molecule has 2 aromatic carbocycles. The van der Waals surface area contributed by atoms with Gasteiger partial charge in [-0.25, -0.2) is 12.7 Å². The topological polar surface area (TPSA) is 78.5 Å². The molecule has 1 amide bonds. The van der Waals surface area contributed by atoms with E-state index >= 15 is 0 Å². The second-order valence-corrected chi connectivity index (χ2v) is 7.94. The first kappa shape index (κ1) is 20.7. The van der Waals surface area contributed by atoms with Gasteiger partial charge >= 0.3 is 6.18 Å². The van der Waals surface area contributed by atoms with E-state index < -0.39 is 27.7 Å². The molecule has 0 saturated carbocycles. The number of anilines is 2. The second kappa shape index (κ2) is 7.97. The van der Waals surface area contributed by atoms with Gasteiger partial charge in [0, 0.05) is 25.5 Å². The number of hydrogen-bond donors (Lipinski definition) is 2. The van der Waals surface area contributed by atoms with Crippen LogP contribution in [0.4, 0.5) is 24.5 Å². The third kappa shape index (κ3) is 5.44. The molecule has 0 spiro atoms. The number of rotatable bonds is 6. The average molecular weight is 401 g/mol. The minimum atomic E-state index is -4.41. The predicted octanol–water partition coefficient (Wildman–Crippen LogP) is 3.01. The third-order valence-electron chi connectivity index (χ3n) is 3.58. The predicted molar refractivity (Wildman–Crippen MR) is 95.9 cm³/mol. The van der Waals surface area contributed by atoms with Gasteiger partial charge in [-0.05, 0) is 48.5 Å². The minimum Gasteiger partial charge on any atom is -0.376 e. The Morgan fingerprint density at radius 2 is 1.48 bits per heavy atom. The van der Waals surface area contributed by atoms with Crippen molar-refractivity contribution < 1.29 is 26.4 Å². The number of nitrogens with zero attached hydrogens (tertiary/aromatic N) is 1. The fraction of sp³-hybridized carbons (Fsp3) is 0.235. The van der Waals surface area contributed by atoms with Crippen LogP contribution in [0.25, 0.3) is 0 Å². The summed E-state index contributed by atoms with van der Waals surface area (Å²) in [7, 11) is -0.725. The van der Waals surface area contributed by atoms with Crippen LogP contribution in [-0.4, -0.2) is 39.3 Å². The first-order chi connectivity index (χ1) is 12.5. The molecule has 10 heteroatoms. The van der Waals surface area contributed by atoms with Crippen molar-refractivity contribution in [1.29, 1.82) is 0 Å². The first-order valence-electron chi connectivity index (χ1n) is 7.74. The van der Waals surface area contributed by atoms with E-state index in [1.165, 1.54) is 50.5 Å². The largest absolute Gasteiger partial charge is 0.416 e. The van der Waals surface area contributed by atoms with E-state index in [0.29, 0.717) is 11.4 Å². The summed E-state index contributed by atoms with van der Waals surface area (Å²) in [4.78, 5) is 12.0. The molecule has 0 bridgehead atoms. The van der Waals surface area contributed by atoms with E-state index in [9.17, 15) is 26.4 Å². The monoisotopic (exact) mass is 401 g/mol. The van der Waals surface area contributed by atoms with Gasteiger partial charge < -0.3 is 10.6 Å². The summed E-state index contributed by atoms with van der Waals surface area (Å²) >= 11 is 0. The Balaban J connectivity index is 1.92. The van der Waals surface area contributed by atoms with Gasteiger partial charge in [0.15, 0.2) is 0 Å². The van der Waals surface area contributed by atoms with Crippen LogP contribution in [-0.2, 0) is 21.0 Å². The van der Waals surface area contributed by atoms with Gasteiger partial charge in [0.05, 0.1) is 17.0 Å². The Kier molecular flexibility index (Phi) is 6.11. The smallest absolute Gasteiger partial charge is 0.376 e. The fourth-order valence-corrected chi connectivity index (χ4v) is 2.99. The van der Waals surface area contributed by atoms with E-state index in [4.69, 9.17) is 0 Å². The van der Waals surface area contributed by atoms with Crippen LogP contribution in [0.1, 0.15) is 5.56 Å². The summed E-state index contributed by atoms with van der Waals surface area (Å²) in [5.41, 5.74) is -0.0113. The van der Waals surface area contributed by atoms with E-state index in [1.807, 2.05) is 0 Å². The molecule has 0 atom stereocenters. The van der Waals surface area contributed by atoms with Crippen LogP contribution in [0.2, 0.25) is 0 Å².